The molecule has 1 spiro atoms. The molecule has 11 rings (SSSR count). The number of rotatable bonds is 0. The Morgan fingerprint density at radius 2 is 1.23 bits per heavy atom. The second-order valence-electron chi connectivity index (χ2n) is 11.0. The maximum atomic E-state index is 6.72. The van der Waals surface area contributed by atoms with Gasteiger partial charge in [0, 0.05) is 22.2 Å². The third kappa shape index (κ3) is 1.85. The second-order valence-corrected chi connectivity index (χ2v) is 11.0. The summed E-state index contributed by atoms with van der Waals surface area (Å²) in [6.07, 6.45) is 4.44. The minimum Gasteiger partial charge on any atom is -0.404 e. The molecule has 8 aromatic rings. The Balaban J connectivity index is 1.52. The summed E-state index contributed by atoms with van der Waals surface area (Å²) in [6.45, 7) is 0. The van der Waals surface area contributed by atoms with Gasteiger partial charge in [-0.3, -0.25) is 0 Å². The molecule has 184 valence electrons. The summed E-state index contributed by atoms with van der Waals surface area (Å²) in [6, 6.07) is 39.4. The molecule has 4 aromatic carbocycles. The van der Waals surface area contributed by atoms with Gasteiger partial charge < -0.3 is 9.30 Å². The molecule has 1 atom stereocenters. The third-order valence-electron chi connectivity index (χ3n) is 9.35. The van der Waals surface area contributed by atoms with Crippen molar-refractivity contribution in [3.63, 3.8) is 0 Å². The number of pyridine rings is 2. The van der Waals surface area contributed by atoms with Crippen molar-refractivity contribution in [2.75, 3.05) is 0 Å². The van der Waals surface area contributed by atoms with Crippen LogP contribution in [0.5, 0.6) is 11.6 Å². The van der Waals surface area contributed by atoms with E-state index in [0.29, 0.717) is 0 Å². The van der Waals surface area contributed by atoms with Crippen molar-refractivity contribution in [3.8, 4) is 23.0 Å². The summed E-state index contributed by atoms with van der Waals surface area (Å²) in [5.74, 6) is 1.73. The summed E-state index contributed by atoms with van der Waals surface area (Å²) >= 11 is 0. The van der Waals surface area contributed by atoms with Crippen molar-refractivity contribution in [1.29, 1.82) is 0 Å². The van der Waals surface area contributed by atoms with Crippen molar-refractivity contribution >= 4 is 43.7 Å². The van der Waals surface area contributed by atoms with Gasteiger partial charge in [0.1, 0.15) is 16.6 Å². The molecule has 5 heteroatoms. The van der Waals surface area contributed by atoms with Crippen LogP contribution in [0.2, 0.25) is 0 Å². The monoisotopic (exact) mass is 512 g/mol. The molecule has 3 aliphatic rings. The van der Waals surface area contributed by atoms with Gasteiger partial charge in [0.25, 0.3) is 0 Å². The standard InChI is InChI=1S/C35H20N4O/c1-3-12-25-21(9-1)23-17-18-29-32-33(23)38(25)27-14-7-15-28-31(27)35(32,36-19-6-5-16-30(36)40-29)37-20-8-11-24-22-10-2-4-13-26(22)39(28)34(24)37/h1-20H/q+2. The van der Waals surface area contributed by atoms with E-state index < -0.39 is 5.66 Å². The van der Waals surface area contributed by atoms with Gasteiger partial charge in [-0.05, 0) is 60.7 Å². The van der Waals surface area contributed by atoms with Gasteiger partial charge in [-0.1, -0.05) is 36.4 Å². The Morgan fingerprint density at radius 3 is 2.10 bits per heavy atom. The van der Waals surface area contributed by atoms with Gasteiger partial charge in [-0.15, -0.1) is 4.57 Å². The predicted octanol–water partition coefficient (Wildman–Crippen LogP) is 6.49. The van der Waals surface area contributed by atoms with Crippen LogP contribution >= 0.6 is 0 Å². The van der Waals surface area contributed by atoms with Crippen molar-refractivity contribution < 1.29 is 13.9 Å². The SMILES string of the molecule is c1cc2c3c(c1)-n1c4ccccc4c4ccc[n+](c41)C31c3c(ccc4c5ccccc5n-2c34)Oc2cccc[n+]21. The van der Waals surface area contributed by atoms with Crippen molar-refractivity contribution in [2.45, 2.75) is 5.66 Å². The Morgan fingerprint density at radius 1 is 0.525 bits per heavy atom. The number of para-hydroxylation sites is 2. The molecule has 4 aromatic heterocycles. The molecule has 0 N–H and O–H groups in total. The molecule has 40 heavy (non-hydrogen) atoms. The van der Waals surface area contributed by atoms with Gasteiger partial charge in [0.2, 0.25) is 0 Å². The van der Waals surface area contributed by atoms with E-state index in [4.69, 9.17) is 4.74 Å². The highest BCUT2D eigenvalue weighted by Gasteiger charge is 2.66. The maximum absolute atomic E-state index is 6.72. The number of aromatic nitrogens is 4. The summed E-state index contributed by atoms with van der Waals surface area (Å²) in [5, 5.41) is 5.00. The lowest BCUT2D eigenvalue weighted by atomic mass is 9.81. The zero-order chi connectivity index (χ0) is 25.7. The molecule has 0 aliphatic carbocycles. The first-order chi connectivity index (χ1) is 19.9. The van der Waals surface area contributed by atoms with Crippen LogP contribution in [0.25, 0.3) is 55.1 Å². The third-order valence-corrected chi connectivity index (χ3v) is 9.35. The lowest BCUT2D eigenvalue weighted by molar-refractivity contribution is -0.965. The van der Waals surface area contributed by atoms with Gasteiger partial charge in [0.15, 0.2) is 17.6 Å². The molecule has 1 unspecified atom stereocenters. The number of benzene rings is 4. The highest BCUT2D eigenvalue weighted by Crippen LogP contribution is 2.54. The highest BCUT2D eigenvalue weighted by atomic mass is 16.5. The number of ether oxygens (including phenoxy) is 1. The number of fused-ring (bicyclic) bond motifs is 9. The van der Waals surface area contributed by atoms with E-state index in [2.05, 4.69) is 140 Å². The van der Waals surface area contributed by atoms with E-state index in [1.54, 1.807) is 0 Å². The molecular formula is C35H20N4O+2. The molecule has 0 fully saturated rings. The Kier molecular flexibility index (Phi) is 3.06. The molecule has 0 saturated carbocycles. The fourth-order valence-electron chi connectivity index (χ4n) is 8.04. The van der Waals surface area contributed by atoms with Gasteiger partial charge in [-0.2, -0.15) is 9.13 Å². The normalized spacial score (nSPS) is 17.3. The first-order valence-corrected chi connectivity index (χ1v) is 13.7. The van der Waals surface area contributed by atoms with Crippen LogP contribution in [0.1, 0.15) is 11.1 Å². The van der Waals surface area contributed by atoms with Gasteiger partial charge in [-0.25, -0.2) is 0 Å². The molecule has 5 nitrogen and oxygen atoms in total. The van der Waals surface area contributed by atoms with Crippen LogP contribution in [-0.4, -0.2) is 9.13 Å². The van der Waals surface area contributed by atoms with Crippen LogP contribution in [0, 0.1) is 0 Å². The molecule has 7 heterocycles. The summed E-state index contributed by atoms with van der Waals surface area (Å²) < 4.78 is 16.5. The topological polar surface area (TPSA) is 26.8 Å². The molecule has 0 saturated heterocycles. The summed E-state index contributed by atoms with van der Waals surface area (Å²) in [7, 11) is 0. The molecule has 3 aliphatic heterocycles. The van der Waals surface area contributed by atoms with Crippen molar-refractivity contribution in [3.05, 3.63) is 133 Å². The molecule has 0 radical (unpaired) electrons. The second kappa shape index (κ2) is 6.24. The van der Waals surface area contributed by atoms with Crippen molar-refractivity contribution in [1.82, 2.24) is 9.13 Å². The van der Waals surface area contributed by atoms with E-state index in [9.17, 15) is 0 Å². The lowest BCUT2D eigenvalue weighted by Gasteiger charge is -2.39. The predicted molar refractivity (Wildman–Crippen MR) is 154 cm³/mol. The average molecular weight is 513 g/mol. The van der Waals surface area contributed by atoms with E-state index in [1.165, 1.54) is 66.2 Å². The Bertz CT molecular complexity index is 2480. The van der Waals surface area contributed by atoms with E-state index in [1.807, 2.05) is 0 Å². The van der Waals surface area contributed by atoms with Crippen LogP contribution < -0.4 is 13.9 Å². The number of nitrogens with zero attached hydrogens (tertiary/aromatic N) is 4. The zero-order valence-corrected chi connectivity index (χ0v) is 21.2. The number of hydrogen-bond donors (Lipinski definition) is 0. The maximum Gasteiger partial charge on any atom is 0.377 e. The minimum atomic E-state index is -0.677. The van der Waals surface area contributed by atoms with Crippen LogP contribution in [0.3, 0.4) is 0 Å². The van der Waals surface area contributed by atoms with Gasteiger partial charge >= 0.3 is 17.2 Å². The summed E-state index contributed by atoms with van der Waals surface area (Å²) in [5.41, 5.74) is 8.98. The first kappa shape index (κ1) is 19.6. The largest absolute Gasteiger partial charge is 0.404 e. The number of hydrogen-bond acceptors (Lipinski definition) is 1. The average Bonchev–Trinajstić information content (AvgIpc) is 3.53. The summed E-state index contributed by atoms with van der Waals surface area (Å²) in [4.78, 5) is 0. The lowest BCUT2D eigenvalue weighted by Crippen LogP contribution is -2.78. The minimum absolute atomic E-state index is 0.677. The molecule has 0 amide bonds. The van der Waals surface area contributed by atoms with Crippen LogP contribution in [-0.2, 0) is 5.66 Å². The first-order valence-electron chi connectivity index (χ1n) is 13.7. The Labute approximate surface area is 227 Å². The fraction of sp³-hybridized carbons (Fsp3) is 0.0286. The van der Waals surface area contributed by atoms with Crippen molar-refractivity contribution in [2.24, 2.45) is 0 Å². The molecular weight excluding hydrogens is 492 g/mol. The van der Waals surface area contributed by atoms with Gasteiger partial charge in [0.05, 0.1) is 34.4 Å². The quantitative estimate of drug-likeness (QED) is 0.214. The van der Waals surface area contributed by atoms with E-state index in [-0.39, 0.29) is 0 Å². The van der Waals surface area contributed by atoms with Crippen LogP contribution in [0.15, 0.2) is 122 Å². The fourth-order valence-corrected chi connectivity index (χ4v) is 8.04. The smallest absolute Gasteiger partial charge is 0.377 e. The van der Waals surface area contributed by atoms with Crippen LogP contribution in [0.4, 0.5) is 0 Å². The highest BCUT2D eigenvalue weighted by molar-refractivity contribution is 6.13. The Hall–Kier alpha value is -5.42. The molecule has 0 bridgehead atoms. The zero-order valence-electron chi connectivity index (χ0n) is 21.2. The van der Waals surface area contributed by atoms with E-state index >= 15 is 0 Å². The van der Waals surface area contributed by atoms with E-state index in [0.717, 1.165) is 11.6 Å².